The monoisotopic (exact) mass is 372 g/mol. The molecular formula is C14H10Cl2N2O4S. The van der Waals surface area contributed by atoms with Gasteiger partial charge in [0.15, 0.2) is 5.58 Å². The van der Waals surface area contributed by atoms with Gasteiger partial charge in [0, 0.05) is 18.1 Å². The summed E-state index contributed by atoms with van der Waals surface area (Å²) in [6.45, 7) is 0. The molecule has 0 spiro atoms. The molecule has 0 fully saturated rings. The average molecular weight is 373 g/mol. The van der Waals surface area contributed by atoms with E-state index in [1.807, 2.05) is 0 Å². The van der Waals surface area contributed by atoms with E-state index in [0.717, 1.165) is 0 Å². The molecule has 0 aliphatic heterocycles. The number of hydrogen-bond donors (Lipinski definition) is 1. The van der Waals surface area contributed by atoms with Gasteiger partial charge in [-0.1, -0.05) is 23.2 Å². The van der Waals surface area contributed by atoms with Crippen molar-refractivity contribution in [2.75, 3.05) is 4.72 Å². The van der Waals surface area contributed by atoms with E-state index in [0.29, 0.717) is 10.5 Å². The van der Waals surface area contributed by atoms with Gasteiger partial charge < -0.3 is 4.42 Å². The van der Waals surface area contributed by atoms with Crippen molar-refractivity contribution in [3.63, 3.8) is 0 Å². The molecule has 3 rings (SSSR count). The van der Waals surface area contributed by atoms with Crippen LogP contribution in [-0.4, -0.2) is 13.0 Å². The average Bonchev–Trinajstić information content (AvgIpc) is 2.77. The Hall–Kier alpha value is -1.96. The van der Waals surface area contributed by atoms with E-state index in [1.54, 1.807) is 0 Å². The summed E-state index contributed by atoms with van der Waals surface area (Å²) in [5.41, 5.74) is 0.881. The van der Waals surface area contributed by atoms with Gasteiger partial charge in [0.25, 0.3) is 10.0 Å². The molecule has 0 unspecified atom stereocenters. The molecular weight excluding hydrogens is 363 g/mol. The maximum absolute atomic E-state index is 12.4. The van der Waals surface area contributed by atoms with Crippen molar-refractivity contribution in [1.29, 1.82) is 0 Å². The van der Waals surface area contributed by atoms with Crippen LogP contribution >= 0.6 is 23.2 Å². The Labute approximate surface area is 141 Å². The summed E-state index contributed by atoms with van der Waals surface area (Å²) in [5, 5.41) is 0.568. The summed E-state index contributed by atoms with van der Waals surface area (Å²) < 4.78 is 33.5. The lowest BCUT2D eigenvalue weighted by Crippen LogP contribution is -2.13. The maximum atomic E-state index is 12.4. The molecule has 0 amide bonds. The molecule has 0 radical (unpaired) electrons. The SMILES string of the molecule is Cn1c(=O)oc2cc(S(=O)(=O)Nc3ccc(Cl)cc3Cl)ccc21. The van der Waals surface area contributed by atoms with E-state index in [4.69, 9.17) is 27.6 Å². The zero-order valence-corrected chi connectivity index (χ0v) is 14.0. The van der Waals surface area contributed by atoms with Crippen LogP contribution in [0.2, 0.25) is 10.0 Å². The van der Waals surface area contributed by atoms with Crippen LogP contribution in [0.4, 0.5) is 5.69 Å². The minimum absolute atomic E-state index is 0.0506. The van der Waals surface area contributed by atoms with Crippen molar-refractivity contribution in [1.82, 2.24) is 4.57 Å². The number of hydrogen-bond acceptors (Lipinski definition) is 4. The number of aryl methyl sites for hydroxylation is 1. The molecule has 23 heavy (non-hydrogen) atoms. The van der Waals surface area contributed by atoms with Crippen LogP contribution in [0.3, 0.4) is 0 Å². The number of benzene rings is 2. The summed E-state index contributed by atoms with van der Waals surface area (Å²) in [5.74, 6) is -0.566. The Bertz CT molecular complexity index is 1070. The summed E-state index contributed by atoms with van der Waals surface area (Å²) in [4.78, 5) is 11.4. The first-order valence-corrected chi connectivity index (χ1v) is 8.59. The van der Waals surface area contributed by atoms with E-state index in [-0.39, 0.29) is 21.2 Å². The Balaban J connectivity index is 2.04. The van der Waals surface area contributed by atoms with E-state index in [1.165, 1.54) is 48.0 Å². The highest BCUT2D eigenvalue weighted by atomic mass is 35.5. The summed E-state index contributed by atoms with van der Waals surface area (Å²) >= 11 is 11.7. The van der Waals surface area contributed by atoms with E-state index in [2.05, 4.69) is 4.72 Å². The van der Waals surface area contributed by atoms with Crippen molar-refractivity contribution in [3.8, 4) is 0 Å². The van der Waals surface area contributed by atoms with Crippen molar-refractivity contribution >= 4 is 50.0 Å². The number of nitrogens with one attached hydrogen (secondary N) is 1. The number of anilines is 1. The predicted octanol–water partition coefficient (Wildman–Crippen LogP) is 3.24. The number of halogens is 2. The van der Waals surface area contributed by atoms with Crippen molar-refractivity contribution in [2.24, 2.45) is 7.05 Å². The van der Waals surface area contributed by atoms with Gasteiger partial charge in [-0.25, -0.2) is 13.2 Å². The van der Waals surface area contributed by atoms with Crippen LogP contribution in [0.1, 0.15) is 0 Å². The van der Waals surface area contributed by atoms with E-state index >= 15 is 0 Å². The second-order valence-electron chi connectivity index (χ2n) is 4.79. The Morgan fingerprint density at radius 3 is 2.57 bits per heavy atom. The fourth-order valence-corrected chi connectivity index (χ4v) is 3.66. The summed E-state index contributed by atoms with van der Waals surface area (Å²) in [6, 6.07) is 8.57. The van der Waals surface area contributed by atoms with Crippen LogP contribution in [-0.2, 0) is 17.1 Å². The van der Waals surface area contributed by atoms with Crippen molar-refractivity contribution in [2.45, 2.75) is 4.90 Å². The molecule has 0 saturated heterocycles. The lowest BCUT2D eigenvalue weighted by atomic mass is 10.3. The second kappa shape index (κ2) is 5.59. The van der Waals surface area contributed by atoms with E-state index in [9.17, 15) is 13.2 Å². The third-order valence-electron chi connectivity index (χ3n) is 3.25. The molecule has 2 aromatic carbocycles. The highest BCUT2D eigenvalue weighted by Gasteiger charge is 2.18. The van der Waals surface area contributed by atoms with Crippen LogP contribution in [0.25, 0.3) is 11.1 Å². The lowest BCUT2D eigenvalue weighted by Gasteiger charge is -2.09. The van der Waals surface area contributed by atoms with Gasteiger partial charge >= 0.3 is 5.76 Å². The van der Waals surface area contributed by atoms with Gasteiger partial charge in [-0.3, -0.25) is 9.29 Å². The normalized spacial score (nSPS) is 11.8. The Kier molecular flexibility index (Phi) is 3.87. The number of aromatic nitrogens is 1. The predicted molar refractivity (Wildman–Crippen MR) is 88.7 cm³/mol. The highest BCUT2D eigenvalue weighted by molar-refractivity contribution is 7.92. The van der Waals surface area contributed by atoms with Crippen LogP contribution < -0.4 is 10.5 Å². The first-order valence-electron chi connectivity index (χ1n) is 6.35. The van der Waals surface area contributed by atoms with Crippen molar-refractivity contribution in [3.05, 3.63) is 57.0 Å². The summed E-state index contributed by atoms with van der Waals surface area (Å²) in [7, 11) is -2.36. The van der Waals surface area contributed by atoms with Crippen LogP contribution in [0, 0.1) is 0 Å². The topological polar surface area (TPSA) is 81.3 Å². The molecule has 1 N–H and O–H groups in total. The Morgan fingerprint density at radius 2 is 1.87 bits per heavy atom. The molecule has 1 heterocycles. The fourth-order valence-electron chi connectivity index (χ4n) is 2.06. The second-order valence-corrected chi connectivity index (χ2v) is 7.31. The van der Waals surface area contributed by atoms with Crippen LogP contribution in [0.15, 0.2) is 50.5 Å². The zero-order valence-electron chi connectivity index (χ0n) is 11.7. The van der Waals surface area contributed by atoms with Gasteiger partial charge in [0.05, 0.1) is 21.1 Å². The molecule has 0 atom stereocenters. The van der Waals surface area contributed by atoms with Gasteiger partial charge in [-0.15, -0.1) is 0 Å². The molecule has 9 heteroatoms. The van der Waals surface area contributed by atoms with Gasteiger partial charge in [0.1, 0.15) is 0 Å². The van der Waals surface area contributed by atoms with Crippen LogP contribution in [0.5, 0.6) is 0 Å². The number of fused-ring (bicyclic) bond motifs is 1. The first kappa shape index (κ1) is 15.9. The molecule has 120 valence electrons. The van der Waals surface area contributed by atoms with E-state index < -0.39 is 15.8 Å². The molecule has 3 aromatic rings. The molecule has 6 nitrogen and oxygen atoms in total. The minimum atomic E-state index is -3.89. The van der Waals surface area contributed by atoms with Gasteiger partial charge in [-0.05, 0) is 30.3 Å². The van der Waals surface area contributed by atoms with Gasteiger partial charge in [0.2, 0.25) is 0 Å². The largest absolute Gasteiger partial charge is 0.419 e. The quantitative estimate of drug-likeness (QED) is 0.764. The molecule has 0 saturated carbocycles. The lowest BCUT2D eigenvalue weighted by molar-refractivity contribution is 0.527. The maximum Gasteiger partial charge on any atom is 0.419 e. The zero-order chi connectivity index (χ0) is 16.8. The molecule has 1 aromatic heterocycles. The number of sulfonamides is 1. The first-order chi connectivity index (χ1) is 10.8. The minimum Gasteiger partial charge on any atom is -0.408 e. The molecule has 0 aliphatic carbocycles. The fraction of sp³-hybridized carbons (Fsp3) is 0.0714. The number of rotatable bonds is 3. The summed E-state index contributed by atoms with van der Waals surface area (Å²) in [6.07, 6.45) is 0. The highest BCUT2D eigenvalue weighted by Crippen LogP contribution is 2.28. The Morgan fingerprint density at radius 1 is 1.13 bits per heavy atom. The third kappa shape index (κ3) is 2.95. The molecule has 0 aliphatic rings. The van der Waals surface area contributed by atoms with Gasteiger partial charge in [-0.2, -0.15) is 0 Å². The number of nitrogens with zero attached hydrogens (tertiary/aromatic N) is 1. The standard InChI is InChI=1S/C14H10Cl2N2O4S/c1-18-12-5-3-9(7-13(12)22-14(18)19)23(20,21)17-11-4-2-8(15)6-10(11)16/h2-7,17H,1H3. The smallest absolute Gasteiger partial charge is 0.408 e. The molecule has 0 bridgehead atoms. The van der Waals surface area contributed by atoms with Crippen molar-refractivity contribution < 1.29 is 12.8 Å². The third-order valence-corrected chi connectivity index (χ3v) is 5.16. The number of oxazole rings is 1.